The van der Waals surface area contributed by atoms with Gasteiger partial charge in [0.15, 0.2) is 0 Å². The highest BCUT2D eigenvalue weighted by Gasteiger charge is 2.17. The van der Waals surface area contributed by atoms with E-state index in [0.29, 0.717) is 35.8 Å². The van der Waals surface area contributed by atoms with Gasteiger partial charge in [0.1, 0.15) is 0 Å². The van der Waals surface area contributed by atoms with Gasteiger partial charge in [-0.3, -0.25) is 9.69 Å². The van der Waals surface area contributed by atoms with E-state index < -0.39 is 0 Å². The van der Waals surface area contributed by atoms with Gasteiger partial charge in [-0.1, -0.05) is 62.7 Å². The Morgan fingerprint density at radius 2 is 1.52 bits per heavy atom. The summed E-state index contributed by atoms with van der Waals surface area (Å²) in [5.74, 6) is -0.118. The lowest BCUT2D eigenvalue weighted by Gasteiger charge is -2.23. The first-order valence-corrected chi connectivity index (χ1v) is 11.4. The summed E-state index contributed by atoms with van der Waals surface area (Å²) in [4.78, 5) is 27.1. The number of nitrogens with one attached hydrogen (secondary N) is 2. The summed E-state index contributed by atoms with van der Waals surface area (Å²) < 4.78 is 0. The number of carbonyl (C=O) groups is 2. The van der Waals surface area contributed by atoms with Crippen LogP contribution in [0.2, 0.25) is 5.02 Å². The normalized spacial score (nSPS) is 11.0. The van der Waals surface area contributed by atoms with E-state index in [1.165, 1.54) is 5.56 Å². The molecule has 3 amide bonds. The minimum atomic E-state index is -0.243. The number of urea groups is 1. The summed E-state index contributed by atoms with van der Waals surface area (Å²) >= 11 is 5.93. The number of anilines is 2. The predicted molar refractivity (Wildman–Crippen MR) is 136 cm³/mol. The van der Waals surface area contributed by atoms with Crippen molar-refractivity contribution in [2.45, 2.75) is 32.6 Å². The molecule has 0 aromatic heterocycles. The molecule has 0 saturated heterocycles. The highest BCUT2D eigenvalue weighted by atomic mass is 35.5. The van der Waals surface area contributed by atoms with Crippen molar-refractivity contribution in [2.75, 3.05) is 23.3 Å². The molecule has 5 nitrogen and oxygen atoms in total. The molecule has 0 saturated carbocycles. The van der Waals surface area contributed by atoms with Crippen molar-refractivity contribution in [1.29, 1.82) is 0 Å². The summed E-state index contributed by atoms with van der Waals surface area (Å²) in [5.41, 5.74) is 3.31. The molecule has 2 N–H and O–H groups in total. The van der Waals surface area contributed by atoms with Gasteiger partial charge < -0.3 is 10.6 Å². The number of halogens is 1. The zero-order valence-corrected chi connectivity index (χ0v) is 20.0. The molecule has 0 radical (unpaired) electrons. The van der Waals surface area contributed by atoms with Gasteiger partial charge in [-0.05, 0) is 65.9 Å². The van der Waals surface area contributed by atoms with Crippen LogP contribution >= 0.6 is 11.6 Å². The van der Waals surface area contributed by atoms with Gasteiger partial charge in [-0.25, -0.2) is 4.79 Å². The van der Waals surface area contributed by atoms with E-state index in [1.54, 1.807) is 29.2 Å². The lowest BCUT2D eigenvalue weighted by Crippen LogP contribution is -2.37. The summed E-state index contributed by atoms with van der Waals surface area (Å²) in [6.45, 7) is 7.33. The number of benzene rings is 3. The molecule has 33 heavy (non-hydrogen) atoms. The van der Waals surface area contributed by atoms with Crippen LogP contribution in [0.15, 0.2) is 78.9 Å². The number of nitrogens with zero attached hydrogens (tertiary/aromatic N) is 1. The van der Waals surface area contributed by atoms with Crippen LogP contribution in [0.4, 0.5) is 16.2 Å². The van der Waals surface area contributed by atoms with Crippen molar-refractivity contribution in [3.8, 4) is 0 Å². The molecular formula is C27H30ClN3O2. The van der Waals surface area contributed by atoms with Gasteiger partial charge >= 0.3 is 6.03 Å². The molecule has 6 heteroatoms. The third kappa shape index (κ3) is 7.09. The van der Waals surface area contributed by atoms with Crippen LogP contribution in [0.25, 0.3) is 0 Å². The Labute approximate surface area is 200 Å². The van der Waals surface area contributed by atoms with Crippen LogP contribution in [0.5, 0.6) is 0 Å². The monoisotopic (exact) mass is 463 g/mol. The van der Waals surface area contributed by atoms with Gasteiger partial charge in [0.05, 0.1) is 0 Å². The Balaban J connectivity index is 1.57. The van der Waals surface area contributed by atoms with Crippen molar-refractivity contribution in [1.82, 2.24) is 5.32 Å². The van der Waals surface area contributed by atoms with E-state index >= 15 is 0 Å². The predicted octanol–water partition coefficient (Wildman–Crippen LogP) is 6.50. The van der Waals surface area contributed by atoms with Gasteiger partial charge in [0, 0.05) is 35.1 Å². The minimum Gasteiger partial charge on any atom is -0.352 e. The lowest BCUT2D eigenvalue weighted by atomic mass is 9.87. The average Bonchev–Trinajstić information content (AvgIpc) is 2.80. The molecule has 3 aromatic carbocycles. The Bertz CT molecular complexity index is 1060. The highest BCUT2D eigenvalue weighted by Crippen LogP contribution is 2.22. The van der Waals surface area contributed by atoms with E-state index in [-0.39, 0.29) is 17.4 Å². The van der Waals surface area contributed by atoms with Gasteiger partial charge in [-0.15, -0.1) is 0 Å². The molecule has 3 rings (SSSR count). The first kappa shape index (κ1) is 24.3. The average molecular weight is 464 g/mol. The molecule has 0 unspecified atom stereocenters. The Morgan fingerprint density at radius 1 is 0.879 bits per heavy atom. The van der Waals surface area contributed by atoms with Crippen molar-refractivity contribution >= 4 is 34.9 Å². The fraction of sp³-hybridized carbons (Fsp3) is 0.259. The van der Waals surface area contributed by atoms with Crippen LogP contribution < -0.4 is 15.5 Å². The Hall–Kier alpha value is -3.31. The molecule has 0 heterocycles. The minimum absolute atomic E-state index is 0.0441. The fourth-order valence-corrected chi connectivity index (χ4v) is 3.47. The van der Waals surface area contributed by atoms with Crippen LogP contribution in [0.1, 0.15) is 43.1 Å². The summed E-state index contributed by atoms with van der Waals surface area (Å²) in [7, 11) is 0. The van der Waals surface area contributed by atoms with E-state index in [1.807, 2.05) is 54.6 Å². The second-order valence-electron chi connectivity index (χ2n) is 8.86. The molecule has 0 aliphatic rings. The molecule has 0 aliphatic heterocycles. The molecule has 0 atom stereocenters. The number of para-hydroxylation sites is 1. The zero-order valence-electron chi connectivity index (χ0n) is 19.3. The molecule has 0 spiro atoms. The molecule has 0 bridgehead atoms. The van der Waals surface area contributed by atoms with Gasteiger partial charge in [0.2, 0.25) is 0 Å². The van der Waals surface area contributed by atoms with Crippen molar-refractivity contribution in [3.05, 3.63) is 95.0 Å². The lowest BCUT2D eigenvalue weighted by molar-refractivity contribution is 0.0953. The third-order valence-corrected chi connectivity index (χ3v) is 5.52. The topological polar surface area (TPSA) is 61.4 Å². The molecule has 3 aromatic rings. The van der Waals surface area contributed by atoms with E-state index in [4.69, 9.17) is 11.6 Å². The maximum atomic E-state index is 13.0. The number of amides is 3. The maximum absolute atomic E-state index is 13.0. The van der Waals surface area contributed by atoms with Crippen LogP contribution in [0.3, 0.4) is 0 Å². The van der Waals surface area contributed by atoms with Gasteiger partial charge in [-0.2, -0.15) is 0 Å². The molecule has 0 fully saturated rings. The maximum Gasteiger partial charge on any atom is 0.326 e. The van der Waals surface area contributed by atoms with Crippen molar-refractivity contribution < 1.29 is 9.59 Å². The molecule has 0 aliphatic carbocycles. The second kappa shape index (κ2) is 11.0. The van der Waals surface area contributed by atoms with Crippen molar-refractivity contribution in [3.63, 3.8) is 0 Å². The second-order valence-corrected chi connectivity index (χ2v) is 9.30. The number of carbonyl (C=O) groups excluding carboxylic acids is 2. The first-order chi connectivity index (χ1) is 15.7. The zero-order chi connectivity index (χ0) is 23.8. The standard InChI is InChI=1S/C27H30ClN3O2/c1-27(2,3)21-12-10-20(11-13-21)25(32)29-18-7-19-31(24-8-5-4-6-9-24)26(33)30-23-16-14-22(28)15-17-23/h4-6,8-17H,7,18-19H2,1-3H3,(H,29,32)(H,30,33). The van der Waals surface area contributed by atoms with Crippen molar-refractivity contribution in [2.24, 2.45) is 0 Å². The Kier molecular flexibility index (Phi) is 8.12. The number of hydrogen-bond acceptors (Lipinski definition) is 2. The third-order valence-electron chi connectivity index (χ3n) is 5.27. The number of hydrogen-bond donors (Lipinski definition) is 2. The van der Waals surface area contributed by atoms with E-state index in [2.05, 4.69) is 31.4 Å². The SMILES string of the molecule is CC(C)(C)c1ccc(C(=O)NCCCN(C(=O)Nc2ccc(Cl)cc2)c2ccccc2)cc1. The Morgan fingerprint density at radius 3 is 2.12 bits per heavy atom. The van der Waals surface area contributed by atoms with E-state index in [9.17, 15) is 9.59 Å². The summed E-state index contributed by atoms with van der Waals surface area (Å²) in [6.07, 6.45) is 0.606. The molecular weight excluding hydrogens is 434 g/mol. The van der Waals surface area contributed by atoms with E-state index in [0.717, 1.165) is 5.69 Å². The van der Waals surface area contributed by atoms with Crippen LogP contribution in [-0.2, 0) is 5.41 Å². The van der Waals surface area contributed by atoms with Crippen LogP contribution in [0, 0.1) is 0 Å². The summed E-state index contributed by atoms with van der Waals surface area (Å²) in [5, 5.41) is 6.46. The van der Waals surface area contributed by atoms with Gasteiger partial charge in [0.25, 0.3) is 5.91 Å². The molecule has 172 valence electrons. The number of rotatable bonds is 7. The first-order valence-electron chi connectivity index (χ1n) is 11.0. The highest BCUT2D eigenvalue weighted by molar-refractivity contribution is 6.30. The summed E-state index contributed by atoms with van der Waals surface area (Å²) in [6, 6.07) is 23.9. The fourth-order valence-electron chi connectivity index (χ4n) is 3.34. The quantitative estimate of drug-likeness (QED) is 0.393. The largest absolute Gasteiger partial charge is 0.352 e. The van der Waals surface area contributed by atoms with Crippen LogP contribution in [-0.4, -0.2) is 25.0 Å². The smallest absolute Gasteiger partial charge is 0.326 e.